The predicted molar refractivity (Wildman–Crippen MR) is 106 cm³/mol. The van der Waals surface area contributed by atoms with E-state index in [1.807, 2.05) is 31.2 Å². The molecule has 0 aliphatic carbocycles. The maximum Gasteiger partial charge on any atom is 0.237 e. The lowest BCUT2D eigenvalue weighted by Gasteiger charge is -2.11. The summed E-state index contributed by atoms with van der Waals surface area (Å²) in [4.78, 5) is 20.2. The van der Waals surface area contributed by atoms with Gasteiger partial charge < -0.3 is 15.0 Å². The van der Waals surface area contributed by atoms with Gasteiger partial charge in [0.1, 0.15) is 11.3 Å². The van der Waals surface area contributed by atoms with Gasteiger partial charge in [-0.15, -0.1) is 10.2 Å². The van der Waals surface area contributed by atoms with E-state index in [4.69, 9.17) is 4.74 Å². The molecule has 0 saturated heterocycles. The van der Waals surface area contributed by atoms with Crippen molar-refractivity contribution in [2.45, 2.75) is 17.3 Å². The molecule has 136 valence electrons. The Labute approximate surface area is 159 Å². The lowest BCUT2D eigenvalue weighted by atomic mass is 10.2. The molecular weight excluding hydrogens is 362 g/mol. The summed E-state index contributed by atoms with van der Waals surface area (Å²) in [5.74, 6) is 0.604. The number of thioether (sulfide) groups is 1. The zero-order chi connectivity index (χ0) is 18.8. The van der Waals surface area contributed by atoms with Crippen molar-refractivity contribution in [2.24, 2.45) is 0 Å². The normalized spacial score (nSPS) is 12.2. The summed E-state index contributed by atoms with van der Waals surface area (Å²) in [6.07, 6.45) is 0. The van der Waals surface area contributed by atoms with Crippen LogP contribution < -0.4 is 10.1 Å². The van der Waals surface area contributed by atoms with Crippen molar-refractivity contribution < 1.29 is 9.53 Å². The van der Waals surface area contributed by atoms with Crippen LogP contribution >= 0.6 is 11.8 Å². The predicted octanol–water partition coefficient (Wildman–Crippen LogP) is 3.63. The van der Waals surface area contributed by atoms with E-state index in [1.165, 1.54) is 11.8 Å². The number of hydrogen-bond donors (Lipinski definition) is 2. The molecule has 2 heterocycles. The van der Waals surface area contributed by atoms with E-state index >= 15 is 0 Å². The Kier molecular flexibility index (Phi) is 4.64. The Morgan fingerprint density at radius 1 is 1.15 bits per heavy atom. The number of carbonyl (C=O) groups is 1. The minimum absolute atomic E-state index is 0.134. The lowest BCUT2D eigenvalue weighted by molar-refractivity contribution is -0.115. The highest BCUT2D eigenvalue weighted by Gasteiger charge is 2.18. The summed E-state index contributed by atoms with van der Waals surface area (Å²) in [5.41, 5.74) is 3.06. The Bertz CT molecular complexity index is 1110. The number of ether oxygens (including phenoxy) is 1. The number of methoxy groups -OCH3 is 1. The Morgan fingerprint density at radius 3 is 2.70 bits per heavy atom. The van der Waals surface area contributed by atoms with E-state index < -0.39 is 0 Å². The monoisotopic (exact) mass is 379 g/mol. The Morgan fingerprint density at radius 2 is 1.93 bits per heavy atom. The molecule has 0 spiro atoms. The van der Waals surface area contributed by atoms with Crippen molar-refractivity contribution in [3.05, 3.63) is 48.5 Å². The fourth-order valence-electron chi connectivity index (χ4n) is 2.69. The van der Waals surface area contributed by atoms with Crippen molar-refractivity contribution in [3.63, 3.8) is 0 Å². The van der Waals surface area contributed by atoms with E-state index in [1.54, 1.807) is 31.4 Å². The summed E-state index contributed by atoms with van der Waals surface area (Å²) >= 11 is 1.26. The van der Waals surface area contributed by atoms with Gasteiger partial charge in [0, 0.05) is 16.6 Å². The number of anilines is 1. The van der Waals surface area contributed by atoms with Gasteiger partial charge in [-0.3, -0.25) is 4.79 Å². The first-order valence-electron chi connectivity index (χ1n) is 8.37. The number of para-hydroxylation sites is 1. The van der Waals surface area contributed by atoms with Gasteiger partial charge in [-0.25, -0.2) is 4.98 Å². The smallest absolute Gasteiger partial charge is 0.237 e. The number of aromatic nitrogens is 4. The lowest BCUT2D eigenvalue weighted by Crippen LogP contribution is -2.22. The number of nitrogens with zero attached hydrogens (tertiary/aromatic N) is 3. The summed E-state index contributed by atoms with van der Waals surface area (Å²) in [6, 6.07) is 15.0. The minimum atomic E-state index is -0.379. The molecule has 0 radical (unpaired) electrons. The molecule has 0 unspecified atom stereocenters. The quantitative estimate of drug-likeness (QED) is 0.514. The summed E-state index contributed by atoms with van der Waals surface area (Å²) in [7, 11) is 1.60. The maximum atomic E-state index is 12.4. The molecule has 0 fully saturated rings. The molecule has 4 aromatic rings. The van der Waals surface area contributed by atoms with E-state index in [9.17, 15) is 4.79 Å². The first kappa shape index (κ1) is 17.3. The summed E-state index contributed by atoms with van der Waals surface area (Å²) < 4.78 is 5.11. The number of carbonyl (C=O) groups excluding carboxylic acids is 1. The summed E-state index contributed by atoms with van der Waals surface area (Å²) in [5, 5.41) is 12.4. The highest BCUT2D eigenvalue weighted by atomic mass is 32.2. The third-order valence-electron chi connectivity index (χ3n) is 4.11. The number of H-pyrrole nitrogens is 1. The van der Waals surface area contributed by atoms with Crippen molar-refractivity contribution in [1.82, 2.24) is 20.2 Å². The first-order valence-corrected chi connectivity index (χ1v) is 9.25. The van der Waals surface area contributed by atoms with Crippen LogP contribution in [0.5, 0.6) is 5.75 Å². The maximum absolute atomic E-state index is 12.4. The molecule has 0 bridgehead atoms. The molecule has 1 amide bonds. The highest BCUT2D eigenvalue weighted by Crippen LogP contribution is 2.25. The number of fused-ring (bicyclic) bond motifs is 3. The van der Waals surface area contributed by atoms with Crippen molar-refractivity contribution in [1.29, 1.82) is 0 Å². The third-order valence-corrected chi connectivity index (χ3v) is 5.06. The average molecular weight is 379 g/mol. The number of rotatable bonds is 5. The van der Waals surface area contributed by atoms with Crippen LogP contribution in [0.15, 0.2) is 53.7 Å². The molecular formula is C19H17N5O2S. The van der Waals surface area contributed by atoms with Crippen LogP contribution in [0.2, 0.25) is 0 Å². The molecule has 2 aromatic heterocycles. The highest BCUT2D eigenvalue weighted by molar-refractivity contribution is 8.00. The van der Waals surface area contributed by atoms with Gasteiger partial charge in [-0.05, 0) is 37.3 Å². The van der Waals surface area contributed by atoms with Gasteiger partial charge in [0.05, 0.1) is 12.4 Å². The van der Waals surface area contributed by atoms with Crippen LogP contribution in [0.3, 0.4) is 0 Å². The van der Waals surface area contributed by atoms with Crippen LogP contribution in [0, 0.1) is 0 Å². The SMILES string of the molecule is COc1ccc(NC(=O)[C@@H](C)Sc2nnc3c(n2)[nH]c2ccccc23)cc1. The van der Waals surface area contributed by atoms with Crippen LogP contribution in [0.4, 0.5) is 5.69 Å². The summed E-state index contributed by atoms with van der Waals surface area (Å²) in [6.45, 7) is 1.81. The van der Waals surface area contributed by atoms with Gasteiger partial charge in [0.25, 0.3) is 0 Å². The number of nitrogens with one attached hydrogen (secondary N) is 2. The molecule has 0 aliphatic heterocycles. The van der Waals surface area contributed by atoms with Crippen molar-refractivity contribution in [2.75, 3.05) is 12.4 Å². The molecule has 2 aromatic carbocycles. The van der Waals surface area contributed by atoms with E-state index in [0.717, 1.165) is 22.2 Å². The second-order valence-corrected chi connectivity index (χ2v) is 7.25. The molecule has 1 atom stereocenters. The molecule has 7 nitrogen and oxygen atoms in total. The van der Waals surface area contributed by atoms with Crippen LogP contribution in [0.25, 0.3) is 22.1 Å². The van der Waals surface area contributed by atoms with Crippen LogP contribution in [0.1, 0.15) is 6.92 Å². The Balaban J connectivity index is 1.48. The fourth-order valence-corrected chi connectivity index (χ4v) is 3.40. The Hall–Kier alpha value is -3.13. The van der Waals surface area contributed by atoms with Gasteiger partial charge >= 0.3 is 0 Å². The molecule has 0 aliphatic rings. The van der Waals surface area contributed by atoms with Crippen molar-refractivity contribution in [3.8, 4) is 5.75 Å². The van der Waals surface area contributed by atoms with E-state index in [-0.39, 0.29) is 11.2 Å². The van der Waals surface area contributed by atoms with Crippen LogP contribution in [-0.2, 0) is 4.79 Å². The van der Waals surface area contributed by atoms with E-state index in [2.05, 4.69) is 25.5 Å². The molecule has 0 saturated carbocycles. The van der Waals surface area contributed by atoms with Gasteiger partial charge in [0.2, 0.25) is 11.1 Å². The number of benzene rings is 2. The second-order valence-electron chi connectivity index (χ2n) is 5.94. The molecule has 4 rings (SSSR count). The average Bonchev–Trinajstić information content (AvgIpc) is 3.06. The van der Waals surface area contributed by atoms with Crippen molar-refractivity contribution >= 4 is 45.4 Å². The topological polar surface area (TPSA) is 92.8 Å². The zero-order valence-electron chi connectivity index (χ0n) is 14.8. The molecule has 2 N–H and O–H groups in total. The first-order chi connectivity index (χ1) is 13.1. The van der Waals surface area contributed by atoms with Gasteiger partial charge in [0.15, 0.2) is 5.65 Å². The fraction of sp³-hybridized carbons (Fsp3) is 0.158. The zero-order valence-corrected chi connectivity index (χ0v) is 15.6. The largest absolute Gasteiger partial charge is 0.497 e. The number of amides is 1. The second kappa shape index (κ2) is 7.24. The number of hydrogen-bond acceptors (Lipinski definition) is 6. The standard InChI is InChI=1S/C19H17N5O2S/c1-11(18(25)20-12-7-9-13(26-2)10-8-12)27-19-22-17-16(23-24-19)14-5-3-4-6-15(14)21-17/h3-11H,1-2H3,(H,20,25)(H,21,22,24)/t11-/m1/s1. The van der Waals surface area contributed by atoms with Crippen LogP contribution in [-0.4, -0.2) is 38.4 Å². The van der Waals surface area contributed by atoms with Gasteiger partial charge in [-0.1, -0.05) is 30.0 Å². The third kappa shape index (κ3) is 3.56. The molecule has 8 heteroatoms. The number of aromatic amines is 1. The molecule has 27 heavy (non-hydrogen) atoms. The van der Waals surface area contributed by atoms with Gasteiger partial charge in [-0.2, -0.15) is 0 Å². The van der Waals surface area contributed by atoms with E-state index in [0.29, 0.717) is 16.5 Å². The minimum Gasteiger partial charge on any atom is -0.497 e.